The van der Waals surface area contributed by atoms with Crippen LogP contribution in [0.1, 0.15) is 10.4 Å². The number of benzene rings is 1. The summed E-state index contributed by atoms with van der Waals surface area (Å²) in [4.78, 5) is 33.3. The van der Waals surface area contributed by atoms with Crippen LogP contribution >= 0.6 is 11.6 Å². The minimum Gasteiger partial charge on any atom is -0.478 e. The molecule has 102 valence electrons. The SMILES string of the molecule is NCC(=O)NCC(=O)Nc1cc(Cl)ccc1C(=O)O. The summed E-state index contributed by atoms with van der Waals surface area (Å²) in [6.45, 7) is -0.535. The van der Waals surface area contributed by atoms with E-state index in [9.17, 15) is 14.4 Å². The van der Waals surface area contributed by atoms with E-state index in [0.29, 0.717) is 0 Å². The maximum Gasteiger partial charge on any atom is 0.337 e. The molecule has 0 radical (unpaired) electrons. The molecule has 0 aliphatic heterocycles. The minimum absolute atomic E-state index is 0.0620. The third-order valence-electron chi connectivity index (χ3n) is 2.12. The first-order chi connectivity index (χ1) is 8.93. The molecular formula is C11H12ClN3O4. The predicted molar refractivity (Wildman–Crippen MR) is 69.1 cm³/mol. The zero-order chi connectivity index (χ0) is 14.4. The summed E-state index contributed by atoms with van der Waals surface area (Å²) in [6, 6.07) is 3.99. The highest BCUT2D eigenvalue weighted by Gasteiger charge is 2.13. The molecule has 0 fully saturated rings. The van der Waals surface area contributed by atoms with E-state index in [4.69, 9.17) is 22.4 Å². The van der Waals surface area contributed by atoms with Gasteiger partial charge < -0.3 is 21.5 Å². The van der Waals surface area contributed by atoms with Crippen LogP contribution in [0.25, 0.3) is 0 Å². The van der Waals surface area contributed by atoms with E-state index in [1.165, 1.54) is 18.2 Å². The molecule has 0 saturated carbocycles. The van der Waals surface area contributed by atoms with Crippen LogP contribution in [0.15, 0.2) is 18.2 Å². The molecule has 19 heavy (non-hydrogen) atoms. The third kappa shape index (κ3) is 4.57. The maximum absolute atomic E-state index is 11.5. The number of carboxylic acid groups (broad SMARTS) is 1. The van der Waals surface area contributed by atoms with Gasteiger partial charge in [0.05, 0.1) is 24.3 Å². The van der Waals surface area contributed by atoms with Gasteiger partial charge in [0.1, 0.15) is 0 Å². The van der Waals surface area contributed by atoms with Crippen LogP contribution in [-0.4, -0.2) is 36.0 Å². The van der Waals surface area contributed by atoms with Crippen molar-refractivity contribution in [1.29, 1.82) is 0 Å². The third-order valence-corrected chi connectivity index (χ3v) is 2.35. The smallest absolute Gasteiger partial charge is 0.337 e. The molecule has 7 nitrogen and oxygen atoms in total. The van der Waals surface area contributed by atoms with Gasteiger partial charge in [0.15, 0.2) is 0 Å². The summed E-state index contributed by atoms with van der Waals surface area (Å²) < 4.78 is 0. The Morgan fingerprint density at radius 1 is 1.26 bits per heavy atom. The number of hydrogen-bond acceptors (Lipinski definition) is 4. The first-order valence-electron chi connectivity index (χ1n) is 5.23. The van der Waals surface area contributed by atoms with Crippen LogP contribution in [0.4, 0.5) is 5.69 Å². The molecule has 0 atom stereocenters. The van der Waals surface area contributed by atoms with Crippen LogP contribution < -0.4 is 16.4 Å². The highest BCUT2D eigenvalue weighted by atomic mass is 35.5. The Hall–Kier alpha value is -2.12. The monoisotopic (exact) mass is 285 g/mol. The highest BCUT2D eigenvalue weighted by molar-refractivity contribution is 6.31. The topological polar surface area (TPSA) is 122 Å². The van der Waals surface area contributed by atoms with Gasteiger partial charge >= 0.3 is 5.97 Å². The van der Waals surface area contributed by atoms with Gasteiger partial charge in [-0.15, -0.1) is 0 Å². The van der Waals surface area contributed by atoms with Crippen LogP contribution in [-0.2, 0) is 9.59 Å². The van der Waals surface area contributed by atoms with Crippen molar-refractivity contribution in [3.8, 4) is 0 Å². The lowest BCUT2D eigenvalue weighted by molar-refractivity contribution is -0.123. The number of amides is 2. The van der Waals surface area contributed by atoms with E-state index in [-0.39, 0.29) is 29.4 Å². The summed E-state index contributed by atoms with van der Waals surface area (Å²) in [7, 11) is 0. The highest BCUT2D eigenvalue weighted by Crippen LogP contribution is 2.20. The van der Waals surface area contributed by atoms with Crippen LogP contribution in [0, 0.1) is 0 Å². The van der Waals surface area contributed by atoms with Gasteiger partial charge in [0.25, 0.3) is 0 Å². The lowest BCUT2D eigenvalue weighted by atomic mass is 10.2. The Labute approximate surface area is 113 Å². The van der Waals surface area contributed by atoms with E-state index in [1.54, 1.807) is 0 Å². The maximum atomic E-state index is 11.5. The van der Waals surface area contributed by atoms with E-state index in [0.717, 1.165) is 0 Å². The van der Waals surface area contributed by atoms with Crippen molar-refractivity contribution >= 4 is 35.1 Å². The molecule has 1 aromatic rings. The molecule has 0 aromatic heterocycles. The zero-order valence-corrected chi connectivity index (χ0v) is 10.5. The van der Waals surface area contributed by atoms with Gasteiger partial charge in [0.2, 0.25) is 11.8 Å². The van der Waals surface area contributed by atoms with Crippen molar-refractivity contribution in [2.24, 2.45) is 5.73 Å². The van der Waals surface area contributed by atoms with Crippen molar-refractivity contribution < 1.29 is 19.5 Å². The number of aromatic carboxylic acids is 1. The van der Waals surface area contributed by atoms with Gasteiger partial charge in [-0.2, -0.15) is 0 Å². The van der Waals surface area contributed by atoms with Crippen molar-refractivity contribution in [1.82, 2.24) is 5.32 Å². The molecule has 1 rings (SSSR count). The molecule has 0 unspecified atom stereocenters. The average molecular weight is 286 g/mol. The second kappa shape index (κ2) is 6.72. The van der Waals surface area contributed by atoms with E-state index < -0.39 is 17.8 Å². The van der Waals surface area contributed by atoms with Gasteiger partial charge in [-0.05, 0) is 18.2 Å². The average Bonchev–Trinajstić information content (AvgIpc) is 2.35. The summed E-state index contributed by atoms with van der Waals surface area (Å²) in [6.07, 6.45) is 0. The number of carboxylic acids is 1. The minimum atomic E-state index is -1.20. The fourth-order valence-electron chi connectivity index (χ4n) is 1.25. The van der Waals surface area contributed by atoms with Crippen LogP contribution in [0.2, 0.25) is 5.02 Å². The summed E-state index contributed by atoms with van der Waals surface area (Å²) >= 11 is 5.72. The number of carbonyl (C=O) groups excluding carboxylic acids is 2. The van der Waals surface area contributed by atoms with Crippen LogP contribution in [0.3, 0.4) is 0 Å². The molecule has 0 aliphatic rings. The molecule has 2 amide bonds. The van der Waals surface area contributed by atoms with Crippen molar-refractivity contribution in [2.45, 2.75) is 0 Å². The number of rotatable bonds is 5. The number of hydrogen-bond donors (Lipinski definition) is 4. The van der Waals surface area contributed by atoms with Crippen molar-refractivity contribution in [3.63, 3.8) is 0 Å². The fraction of sp³-hybridized carbons (Fsp3) is 0.182. The Bertz CT molecular complexity index is 519. The van der Waals surface area contributed by atoms with Gasteiger partial charge in [-0.3, -0.25) is 9.59 Å². The Kier molecular flexibility index (Phi) is 5.28. The number of carbonyl (C=O) groups is 3. The van der Waals surface area contributed by atoms with Crippen molar-refractivity contribution in [3.05, 3.63) is 28.8 Å². The fourth-order valence-corrected chi connectivity index (χ4v) is 1.42. The van der Waals surface area contributed by atoms with E-state index in [2.05, 4.69) is 10.6 Å². The number of halogens is 1. The first kappa shape index (κ1) is 14.9. The Balaban J connectivity index is 2.75. The largest absolute Gasteiger partial charge is 0.478 e. The lowest BCUT2D eigenvalue weighted by Crippen LogP contribution is -2.36. The molecular weight excluding hydrogens is 274 g/mol. The quantitative estimate of drug-likeness (QED) is 0.609. The van der Waals surface area contributed by atoms with E-state index in [1.807, 2.05) is 0 Å². The second-order valence-corrected chi connectivity index (χ2v) is 3.96. The zero-order valence-electron chi connectivity index (χ0n) is 9.77. The Morgan fingerprint density at radius 3 is 2.53 bits per heavy atom. The summed E-state index contributed by atoms with van der Waals surface area (Å²) in [5.74, 6) is -2.26. The van der Waals surface area contributed by atoms with Crippen LogP contribution in [0.5, 0.6) is 0 Å². The molecule has 0 spiro atoms. The number of anilines is 1. The van der Waals surface area contributed by atoms with E-state index >= 15 is 0 Å². The molecule has 0 aliphatic carbocycles. The summed E-state index contributed by atoms with van der Waals surface area (Å²) in [5, 5.41) is 13.8. The van der Waals surface area contributed by atoms with Crippen molar-refractivity contribution in [2.75, 3.05) is 18.4 Å². The first-order valence-corrected chi connectivity index (χ1v) is 5.61. The number of nitrogens with two attached hydrogens (primary N) is 1. The molecule has 8 heteroatoms. The Morgan fingerprint density at radius 2 is 1.95 bits per heavy atom. The second-order valence-electron chi connectivity index (χ2n) is 3.52. The molecule has 0 bridgehead atoms. The lowest BCUT2D eigenvalue weighted by Gasteiger charge is -2.09. The molecule has 1 aromatic carbocycles. The number of nitrogens with one attached hydrogen (secondary N) is 2. The van der Waals surface area contributed by atoms with Gasteiger partial charge in [0, 0.05) is 5.02 Å². The molecule has 5 N–H and O–H groups in total. The van der Waals surface area contributed by atoms with Gasteiger partial charge in [-0.25, -0.2) is 4.79 Å². The normalized spacial score (nSPS) is 9.79. The summed E-state index contributed by atoms with van der Waals surface area (Å²) in [5.41, 5.74) is 5.02. The standard InChI is InChI=1S/C11H12ClN3O4/c12-6-1-2-7(11(18)19)8(3-6)15-10(17)5-14-9(16)4-13/h1-3H,4-5,13H2,(H,14,16)(H,15,17)(H,18,19). The van der Waals surface area contributed by atoms with Gasteiger partial charge in [-0.1, -0.05) is 11.6 Å². The molecule has 0 heterocycles. The molecule has 0 saturated heterocycles. The predicted octanol–water partition coefficient (Wildman–Crippen LogP) is 0.0516.